The normalized spacial score (nSPS) is 21.8. The maximum Gasteiger partial charge on any atom is 0.270 e. The van der Waals surface area contributed by atoms with Gasteiger partial charge in [-0.05, 0) is 37.8 Å². The minimum atomic E-state index is -0.671. The molecule has 0 aliphatic heterocycles. The Hall–Kier alpha value is -1.29. The smallest absolute Gasteiger partial charge is 0.270 e. The van der Waals surface area contributed by atoms with Crippen molar-refractivity contribution in [3.63, 3.8) is 0 Å². The van der Waals surface area contributed by atoms with Gasteiger partial charge in [0.15, 0.2) is 0 Å². The van der Waals surface area contributed by atoms with E-state index in [0.29, 0.717) is 12.6 Å². The number of hydrogen-bond acceptors (Lipinski definition) is 2. The molecule has 1 aromatic rings. The van der Waals surface area contributed by atoms with Crippen LogP contribution >= 0.6 is 0 Å². The zero-order chi connectivity index (χ0) is 14.9. The van der Waals surface area contributed by atoms with Gasteiger partial charge in [-0.2, -0.15) is 0 Å². The van der Waals surface area contributed by atoms with E-state index < -0.39 is 5.60 Å². The van der Waals surface area contributed by atoms with Crippen molar-refractivity contribution in [1.29, 1.82) is 0 Å². The van der Waals surface area contributed by atoms with Crippen molar-refractivity contribution in [3.8, 4) is 0 Å². The van der Waals surface area contributed by atoms with Gasteiger partial charge in [-0.25, -0.2) is 0 Å². The number of amides is 1. The van der Waals surface area contributed by atoms with Gasteiger partial charge in [-0.1, -0.05) is 25.7 Å². The molecule has 3 rings (SSSR count). The summed E-state index contributed by atoms with van der Waals surface area (Å²) in [6.45, 7) is 0.446. The fourth-order valence-corrected chi connectivity index (χ4v) is 3.98. The molecule has 0 radical (unpaired) electrons. The topological polar surface area (TPSA) is 45.5 Å². The van der Waals surface area contributed by atoms with Crippen LogP contribution in [0.3, 0.4) is 0 Å². The molecule has 1 amide bonds. The van der Waals surface area contributed by atoms with Gasteiger partial charge in [-0.15, -0.1) is 0 Å². The Balaban J connectivity index is 1.71. The molecular weight excluding hydrogens is 264 g/mol. The molecule has 116 valence electrons. The Morgan fingerprint density at radius 1 is 1.33 bits per heavy atom. The van der Waals surface area contributed by atoms with Gasteiger partial charge in [0, 0.05) is 25.8 Å². The zero-order valence-corrected chi connectivity index (χ0v) is 12.9. The van der Waals surface area contributed by atoms with Gasteiger partial charge in [-0.3, -0.25) is 4.79 Å². The lowest BCUT2D eigenvalue weighted by Crippen LogP contribution is -2.42. The van der Waals surface area contributed by atoms with Crippen molar-refractivity contribution < 1.29 is 9.90 Å². The highest BCUT2D eigenvalue weighted by atomic mass is 16.3. The third kappa shape index (κ3) is 3.00. The Labute approximate surface area is 126 Å². The number of nitrogens with zero attached hydrogens (tertiary/aromatic N) is 2. The lowest BCUT2D eigenvalue weighted by Gasteiger charge is -2.29. The first-order valence-corrected chi connectivity index (χ1v) is 8.24. The van der Waals surface area contributed by atoms with Crippen LogP contribution in [0, 0.1) is 0 Å². The Bertz CT molecular complexity index is 497. The fourth-order valence-electron chi connectivity index (χ4n) is 3.98. The number of aliphatic hydroxyl groups is 1. The predicted octanol–water partition coefficient (Wildman–Crippen LogP) is 2.98. The molecular formula is C17H26N2O2. The van der Waals surface area contributed by atoms with Gasteiger partial charge < -0.3 is 14.6 Å². The van der Waals surface area contributed by atoms with E-state index in [4.69, 9.17) is 0 Å². The second-order valence-corrected chi connectivity index (χ2v) is 6.83. The molecule has 0 spiro atoms. The summed E-state index contributed by atoms with van der Waals surface area (Å²) in [6, 6.07) is 4.35. The minimum Gasteiger partial charge on any atom is -0.388 e. The summed E-state index contributed by atoms with van der Waals surface area (Å²) >= 11 is 0. The molecule has 2 aliphatic carbocycles. The molecule has 1 N–H and O–H groups in total. The average Bonchev–Trinajstić information content (AvgIpc) is 3.18. The van der Waals surface area contributed by atoms with Crippen molar-refractivity contribution in [3.05, 3.63) is 24.0 Å². The number of aromatic nitrogens is 1. The van der Waals surface area contributed by atoms with E-state index in [1.54, 1.807) is 4.90 Å². The number of likely N-dealkylation sites (N-methyl/N-ethyl adjacent to an activating group) is 1. The van der Waals surface area contributed by atoms with Gasteiger partial charge in [0.05, 0.1) is 5.60 Å². The standard InChI is InChI=1S/C17H26N2O2/c1-18(13-17(21)10-4-5-11-17)16(20)15-9-6-12-19(15)14-7-2-3-8-14/h6,9,12,14,21H,2-5,7-8,10-11,13H2,1H3. The van der Waals surface area contributed by atoms with Crippen molar-refractivity contribution in [1.82, 2.24) is 9.47 Å². The third-order valence-corrected chi connectivity index (χ3v) is 5.13. The maximum atomic E-state index is 12.7. The van der Waals surface area contributed by atoms with Crippen LogP contribution in [0.5, 0.6) is 0 Å². The summed E-state index contributed by atoms with van der Waals surface area (Å²) in [5.74, 6) is 0.0345. The number of carbonyl (C=O) groups is 1. The summed E-state index contributed by atoms with van der Waals surface area (Å²) < 4.78 is 2.14. The zero-order valence-electron chi connectivity index (χ0n) is 12.9. The van der Waals surface area contributed by atoms with Gasteiger partial charge >= 0.3 is 0 Å². The first-order chi connectivity index (χ1) is 10.1. The molecule has 0 unspecified atom stereocenters. The summed E-state index contributed by atoms with van der Waals surface area (Å²) in [4.78, 5) is 14.4. The maximum absolute atomic E-state index is 12.7. The average molecular weight is 290 g/mol. The molecule has 0 saturated heterocycles. The summed E-state index contributed by atoms with van der Waals surface area (Å²) in [5.41, 5.74) is 0.0980. The molecule has 0 atom stereocenters. The van der Waals surface area contributed by atoms with Gasteiger partial charge in [0.1, 0.15) is 5.69 Å². The van der Waals surface area contributed by atoms with Crippen LogP contribution in [-0.4, -0.2) is 39.7 Å². The Morgan fingerprint density at radius 3 is 2.67 bits per heavy atom. The molecule has 0 bridgehead atoms. The highest BCUT2D eigenvalue weighted by molar-refractivity contribution is 5.92. The van der Waals surface area contributed by atoms with E-state index in [-0.39, 0.29) is 5.91 Å². The lowest BCUT2D eigenvalue weighted by molar-refractivity contribution is 0.0152. The van der Waals surface area contributed by atoms with E-state index in [1.165, 1.54) is 25.7 Å². The largest absolute Gasteiger partial charge is 0.388 e. The Morgan fingerprint density at radius 2 is 2.00 bits per heavy atom. The molecule has 0 aromatic carbocycles. The highest BCUT2D eigenvalue weighted by Gasteiger charge is 2.34. The molecule has 21 heavy (non-hydrogen) atoms. The van der Waals surface area contributed by atoms with E-state index in [1.807, 2.05) is 25.4 Å². The van der Waals surface area contributed by atoms with Crippen molar-refractivity contribution >= 4 is 5.91 Å². The summed E-state index contributed by atoms with van der Waals surface area (Å²) in [7, 11) is 1.81. The predicted molar refractivity (Wildman–Crippen MR) is 82.3 cm³/mol. The highest BCUT2D eigenvalue weighted by Crippen LogP contribution is 2.32. The van der Waals surface area contributed by atoms with Crippen molar-refractivity contribution in [2.75, 3.05) is 13.6 Å². The van der Waals surface area contributed by atoms with Crippen LogP contribution < -0.4 is 0 Å². The van der Waals surface area contributed by atoms with Crippen LogP contribution in [-0.2, 0) is 0 Å². The molecule has 2 saturated carbocycles. The fraction of sp³-hybridized carbons (Fsp3) is 0.706. The second-order valence-electron chi connectivity index (χ2n) is 6.83. The van der Waals surface area contributed by atoms with Crippen LogP contribution in [0.15, 0.2) is 18.3 Å². The number of carbonyl (C=O) groups excluding carboxylic acids is 1. The monoisotopic (exact) mass is 290 g/mol. The van der Waals surface area contributed by atoms with Gasteiger partial charge in [0.25, 0.3) is 5.91 Å². The summed E-state index contributed by atoms with van der Waals surface area (Å²) in [5, 5.41) is 10.5. The Kier molecular flexibility index (Phi) is 4.07. The molecule has 1 aromatic heterocycles. The first-order valence-electron chi connectivity index (χ1n) is 8.24. The molecule has 2 fully saturated rings. The van der Waals surface area contributed by atoms with E-state index >= 15 is 0 Å². The van der Waals surface area contributed by atoms with Gasteiger partial charge in [0.2, 0.25) is 0 Å². The van der Waals surface area contributed by atoms with Crippen LogP contribution in [0.4, 0.5) is 0 Å². The third-order valence-electron chi connectivity index (χ3n) is 5.13. The van der Waals surface area contributed by atoms with E-state index in [9.17, 15) is 9.90 Å². The van der Waals surface area contributed by atoms with E-state index in [2.05, 4.69) is 4.57 Å². The quantitative estimate of drug-likeness (QED) is 0.926. The SMILES string of the molecule is CN(CC1(O)CCCC1)C(=O)c1cccn1C1CCCC1. The van der Waals surface area contributed by atoms with Crippen LogP contribution in [0.1, 0.15) is 67.9 Å². The second kappa shape index (κ2) is 5.84. The molecule has 4 nitrogen and oxygen atoms in total. The number of hydrogen-bond donors (Lipinski definition) is 1. The first kappa shape index (κ1) is 14.6. The minimum absolute atomic E-state index is 0.0345. The molecule has 1 heterocycles. The summed E-state index contributed by atoms with van der Waals surface area (Å²) in [6.07, 6.45) is 10.6. The van der Waals surface area contributed by atoms with Crippen molar-refractivity contribution in [2.24, 2.45) is 0 Å². The lowest BCUT2D eigenvalue weighted by atomic mass is 10.0. The van der Waals surface area contributed by atoms with Crippen LogP contribution in [0.25, 0.3) is 0 Å². The van der Waals surface area contributed by atoms with Crippen molar-refractivity contribution in [2.45, 2.75) is 63.0 Å². The van der Waals surface area contributed by atoms with Crippen LogP contribution in [0.2, 0.25) is 0 Å². The molecule has 4 heteroatoms. The molecule has 2 aliphatic rings. The number of rotatable bonds is 4. The van der Waals surface area contributed by atoms with E-state index in [0.717, 1.165) is 31.4 Å².